The van der Waals surface area contributed by atoms with E-state index in [-0.39, 0.29) is 119 Å². The van der Waals surface area contributed by atoms with Crippen molar-refractivity contribution in [2.45, 2.75) is 163 Å². The van der Waals surface area contributed by atoms with Crippen LogP contribution in [0.1, 0.15) is 136 Å². The topological polar surface area (TPSA) is 317 Å². The lowest BCUT2D eigenvalue weighted by Crippen LogP contribution is -2.51. The predicted molar refractivity (Wildman–Crippen MR) is 311 cm³/mol. The summed E-state index contributed by atoms with van der Waals surface area (Å²) in [5.74, 6) is -6.84. The highest BCUT2D eigenvalue weighted by Gasteiger charge is 2.48. The molecule has 4 rings (SSSR count). The number of aryl methyl sites for hydroxylation is 1. The molecule has 0 radical (unpaired) electrons. The van der Waals surface area contributed by atoms with Crippen LogP contribution in [-0.4, -0.2) is 146 Å². The minimum Gasteiger partial charge on any atom is -0.495 e. The summed E-state index contributed by atoms with van der Waals surface area (Å²) in [5.41, 5.74) is 1.02. The maximum Gasteiger partial charge on any atom is 0.347 e. The van der Waals surface area contributed by atoms with Gasteiger partial charge in [-0.05, 0) is 87.3 Å². The summed E-state index contributed by atoms with van der Waals surface area (Å²) in [6, 6.07) is 10.6. The monoisotopic (exact) mass is 1210 g/mol. The molecule has 5 amide bonds. The maximum atomic E-state index is 14.0. The number of hydrogen-bond acceptors (Lipinski definition) is 16. The first kappa shape index (κ1) is 69.9. The van der Waals surface area contributed by atoms with Crippen LogP contribution in [0.2, 0.25) is 5.02 Å². The van der Waals surface area contributed by atoms with Gasteiger partial charge in [0.2, 0.25) is 29.5 Å². The molecule has 0 unspecified atom stereocenters. The molecule has 2 aromatic rings. The molecule has 464 valence electrons. The van der Waals surface area contributed by atoms with E-state index in [0.717, 1.165) is 11.1 Å². The second-order valence-corrected chi connectivity index (χ2v) is 25.1. The standard InChI is InChI=1S/C60H84ClN5O17S/c1-35(2)30-50-58(75)81-48(12-11-13-52(71)65-46(32-41-17-21-49(80-10)45(61)31-41)57(74)63-34-60(8,9)59(76)82-50)38(6)54-55(83-54)42-18-14-40(15-19-42)16-20-47(69)39(7)64-56(73)44(36(3)4)33-43(68)25-28-66(27-24-37(5)67)53(72)23-22-51(70)62-26-29-84(77,78)79/h11,13-15,17-19,21,31,35-36,38-39,44,46,48,50,54-55H,12,16,20,22-30,32-34H2,1-10H3,(H,62,70)(H,63,74)(H,64,73)(H,65,71)(H,77,78,79)/b13-11+/t38-,39-,44-,46+,48-,50-,54+,55+/m0/s1. The Balaban J connectivity index is 1.36. The number of cyclic esters (lactones) is 2. The molecule has 2 aliphatic rings. The van der Waals surface area contributed by atoms with Crippen LogP contribution in [-0.2, 0) is 85.1 Å². The van der Waals surface area contributed by atoms with Crippen molar-refractivity contribution in [1.29, 1.82) is 0 Å². The van der Waals surface area contributed by atoms with Gasteiger partial charge in [0.05, 0.1) is 35.4 Å². The zero-order valence-corrected chi connectivity index (χ0v) is 51.4. The van der Waals surface area contributed by atoms with Crippen molar-refractivity contribution >= 4 is 80.5 Å². The molecule has 1 saturated heterocycles. The summed E-state index contributed by atoms with van der Waals surface area (Å²) < 4.78 is 54.2. The molecule has 5 N–H and O–H groups in total. The summed E-state index contributed by atoms with van der Waals surface area (Å²) in [5, 5.41) is 10.9. The zero-order chi connectivity index (χ0) is 62.6. The molecule has 8 atom stereocenters. The van der Waals surface area contributed by atoms with Gasteiger partial charge in [0, 0.05) is 89.4 Å². The molecule has 0 bridgehead atoms. The Morgan fingerprint density at radius 3 is 2.18 bits per heavy atom. The van der Waals surface area contributed by atoms with E-state index >= 15 is 0 Å². The van der Waals surface area contributed by atoms with Gasteiger partial charge in [-0.1, -0.05) is 82.6 Å². The van der Waals surface area contributed by atoms with Crippen LogP contribution in [0.4, 0.5) is 0 Å². The van der Waals surface area contributed by atoms with Gasteiger partial charge in [-0.3, -0.25) is 47.7 Å². The van der Waals surface area contributed by atoms with Crippen molar-refractivity contribution < 1.29 is 79.9 Å². The molecule has 22 nitrogen and oxygen atoms in total. The minimum atomic E-state index is -4.29. The van der Waals surface area contributed by atoms with Crippen molar-refractivity contribution in [2.24, 2.45) is 29.1 Å². The quantitative estimate of drug-likeness (QED) is 0.0390. The Morgan fingerprint density at radius 1 is 0.893 bits per heavy atom. The van der Waals surface area contributed by atoms with Crippen LogP contribution < -0.4 is 26.0 Å². The Morgan fingerprint density at radius 2 is 1.56 bits per heavy atom. The number of ether oxygens (including phenoxy) is 4. The number of methoxy groups -OCH3 is 1. The predicted octanol–water partition coefficient (Wildman–Crippen LogP) is 5.34. The Kier molecular flexibility index (Phi) is 27.2. The number of amides is 5. The first-order valence-corrected chi connectivity index (χ1v) is 30.4. The fraction of sp³-hybridized carbons (Fsp3) is 0.600. The molecule has 2 aromatic carbocycles. The highest BCUT2D eigenvalue weighted by molar-refractivity contribution is 7.85. The molecular formula is C60H84ClN5O17S. The number of Topliss-reactive ketones (excluding diaryl/α,β-unsaturated/α-hetero) is 3. The van der Waals surface area contributed by atoms with Gasteiger partial charge in [0.25, 0.3) is 10.1 Å². The second-order valence-electron chi connectivity index (χ2n) is 23.1. The number of nitrogens with one attached hydrogen (secondary N) is 4. The molecule has 24 heteroatoms. The fourth-order valence-corrected chi connectivity index (χ4v) is 9.90. The van der Waals surface area contributed by atoms with Gasteiger partial charge in [0.1, 0.15) is 35.6 Å². The van der Waals surface area contributed by atoms with Gasteiger partial charge in [-0.25, -0.2) is 4.79 Å². The highest BCUT2D eigenvalue weighted by Crippen LogP contribution is 2.45. The van der Waals surface area contributed by atoms with Crippen molar-refractivity contribution in [3.63, 3.8) is 0 Å². The van der Waals surface area contributed by atoms with Crippen molar-refractivity contribution in [1.82, 2.24) is 26.2 Å². The Hall–Kier alpha value is -6.56. The van der Waals surface area contributed by atoms with Crippen molar-refractivity contribution in [2.75, 3.05) is 39.0 Å². The average molecular weight is 1210 g/mol. The van der Waals surface area contributed by atoms with E-state index < -0.39 is 105 Å². The van der Waals surface area contributed by atoms with E-state index in [1.165, 1.54) is 25.0 Å². The van der Waals surface area contributed by atoms with Gasteiger partial charge >= 0.3 is 11.9 Å². The lowest BCUT2D eigenvalue weighted by atomic mass is 9.88. The number of halogens is 1. The van der Waals surface area contributed by atoms with E-state index in [1.807, 2.05) is 45.0 Å². The number of benzene rings is 2. The van der Waals surface area contributed by atoms with Crippen LogP contribution in [0.15, 0.2) is 54.6 Å². The molecule has 2 aliphatic heterocycles. The van der Waals surface area contributed by atoms with Crippen LogP contribution in [0, 0.1) is 29.1 Å². The molecule has 84 heavy (non-hydrogen) atoms. The normalized spacial score (nSPS) is 20.9. The van der Waals surface area contributed by atoms with Crippen LogP contribution in [0.25, 0.3) is 0 Å². The number of carbonyl (C=O) groups is 10. The summed E-state index contributed by atoms with van der Waals surface area (Å²) in [7, 11) is -2.81. The first-order valence-electron chi connectivity index (χ1n) is 28.4. The number of carbonyl (C=O) groups excluding carboxylic acids is 10. The Bertz CT molecular complexity index is 2820. The number of hydrogen-bond donors (Lipinski definition) is 5. The largest absolute Gasteiger partial charge is 0.495 e. The molecule has 0 aromatic heterocycles. The Labute approximate surface area is 497 Å². The molecule has 0 saturated carbocycles. The summed E-state index contributed by atoms with van der Waals surface area (Å²) in [4.78, 5) is 133. The van der Waals surface area contributed by atoms with Crippen LogP contribution >= 0.6 is 11.6 Å². The molecule has 0 spiro atoms. The third-order valence-corrected chi connectivity index (χ3v) is 15.7. The third-order valence-electron chi connectivity index (χ3n) is 14.7. The zero-order valence-electron chi connectivity index (χ0n) is 49.8. The number of epoxide rings is 1. The van der Waals surface area contributed by atoms with E-state index in [4.69, 9.17) is 35.1 Å². The number of esters is 2. The summed E-state index contributed by atoms with van der Waals surface area (Å²) in [6.45, 7) is 14.7. The van der Waals surface area contributed by atoms with Gasteiger partial charge in [0.15, 0.2) is 11.9 Å². The van der Waals surface area contributed by atoms with Crippen LogP contribution in [0.3, 0.4) is 0 Å². The van der Waals surface area contributed by atoms with Crippen molar-refractivity contribution in [3.05, 3.63) is 76.3 Å². The van der Waals surface area contributed by atoms with Gasteiger partial charge in [-0.2, -0.15) is 8.42 Å². The summed E-state index contributed by atoms with van der Waals surface area (Å²) in [6.07, 6.45) is -0.208. The average Bonchev–Trinajstić information content (AvgIpc) is 3.21. The smallest absolute Gasteiger partial charge is 0.347 e. The van der Waals surface area contributed by atoms with Crippen molar-refractivity contribution in [3.8, 4) is 5.75 Å². The van der Waals surface area contributed by atoms with E-state index in [0.29, 0.717) is 22.8 Å². The van der Waals surface area contributed by atoms with Gasteiger partial charge in [-0.15, -0.1) is 0 Å². The maximum absolute atomic E-state index is 14.0. The second kappa shape index (κ2) is 32.6. The number of ketones is 3. The lowest BCUT2D eigenvalue weighted by Gasteiger charge is -2.29. The summed E-state index contributed by atoms with van der Waals surface area (Å²) >= 11 is 6.38. The van der Waals surface area contributed by atoms with E-state index in [9.17, 15) is 56.4 Å². The lowest BCUT2D eigenvalue weighted by molar-refractivity contribution is -0.179. The van der Waals surface area contributed by atoms with Gasteiger partial charge < -0.3 is 45.1 Å². The van der Waals surface area contributed by atoms with E-state index in [1.54, 1.807) is 58.9 Å². The molecule has 1 fully saturated rings. The molecular weight excluding hydrogens is 1130 g/mol. The molecule has 0 aliphatic carbocycles. The van der Waals surface area contributed by atoms with E-state index in [2.05, 4.69) is 21.3 Å². The number of rotatable bonds is 29. The number of nitrogens with zero attached hydrogens (tertiary/aromatic N) is 1. The SMILES string of the molecule is COc1ccc(C[C@H]2NC(=O)/C=C/C[C@@H]([C@H](C)[C@H]3O[C@@H]3c3ccc(CCC(=O)[C@H](C)NC(=O)[C@@H](CC(=O)CCN(CCC(C)=O)C(=O)CCC(=O)NCCS(=O)(=O)O)C(C)C)cc3)OC(=O)[C@H](CC(C)C)OC(=O)C(C)(C)CNC2=O)cc1Cl. The molecule has 2 heterocycles. The first-order chi connectivity index (χ1) is 39.4. The third kappa shape index (κ3) is 23.5. The van der Waals surface area contributed by atoms with Crippen LogP contribution in [0.5, 0.6) is 5.75 Å². The highest BCUT2D eigenvalue weighted by atomic mass is 35.5. The fourth-order valence-electron chi connectivity index (χ4n) is 9.26. The minimum absolute atomic E-state index is 0.00116.